The molecule has 0 spiro atoms. The molecule has 1 aliphatic rings. The van der Waals surface area contributed by atoms with Gasteiger partial charge in [0.2, 0.25) is 0 Å². The number of hydrogen-bond donors (Lipinski definition) is 1. The van der Waals surface area contributed by atoms with Crippen LogP contribution < -0.4 is 15.0 Å². The highest BCUT2D eigenvalue weighted by atomic mass is 16.5. The quantitative estimate of drug-likeness (QED) is 0.925. The number of amides is 2. The van der Waals surface area contributed by atoms with E-state index >= 15 is 0 Å². The fourth-order valence-electron chi connectivity index (χ4n) is 2.29. The van der Waals surface area contributed by atoms with Gasteiger partial charge in [-0.15, -0.1) is 0 Å². The Bertz CT molecular complexity index is 703. The second-order valence-corrected chi connectivity index (χ2v) is 4.92. The van der Waals surface area contributed by atoms with Crippen LogP contribution in [-0.2, 0) is 4.79 Å². The van der Waals surface area contributed by atoms with Crippen molar-refractivity contribution < 1.29 is 14.3 Å². The van der Waals surface area contributed by atoms with Crippen molar-refractivity contribution in [2.45, 2.75) is 6.10 Å². The van der Waals surface area contributed by atoms with Crippen molar-refractivity contribution >= 4 is 17.5 Å². The fourth-order valence-corrected chi connectivity index (χ4v) is 2.29. The molecule has 2 heterocycles. The SMILES string of the molecule is CN1C(=O)C(CNC(=O)c2ccncc2)Oc2ccccc21. The summed E-state index contributed by atoms with van der Waals surface area (Å²) in [6.45, 7) is 0.110. The number of rotatable bonds is 3. The lowest BCUT2D eigenvalue weighted by molar-refractivity contribution is -0.125. The molecule has 0 saturated carbocycles. The first-order valence-corrected chi connectivity index (χ1v) is 6.88. The van der Waals surface area contributed by atoms with Crippen LogP contribution in [0.25, 0.3) is 0 Å². The maximum absolute atomic E-state index is 12.3. The molecule has 1 aromatic heterocycles. The Morgan fingerprint density at radius 3 is 2.77 bits per heavy atom. The zero-order valence-electron chi connectivity index (χ0n) is 12.0. The van der Waals surface area contributed by atoms with Gasteiger partial charge in [0.05, 0.1) is 12.2 Å². The van der Waals surface area contributed by atoms with E-state index in [2.05, 4.69) is 10.3 Å². The van der Waals surface area contributed by atoms with Gasteiger partial charge < -0.3 is 15.0 Å². The number of nitrogens with one attached hydrogen (secondary N) is 1. The summed E-state index contributed by atoms with van der Waals surface area (Å²) in [5.74, 6) is 0.182. The lowest BCUT2D eigenvalue weighted by atomic mass is 10.2. The van der Waals surface area contributed by atoms with Crippen molar-refractivity contribution in [3.8, 4) is 5.75 Å². The van der Waals surface area contributed by atoms with E-state index in [1.807, 2.05) is 18.2 Å². The van der Waals surface area contributed by atoms with E-state index in [0.717, 1.165) is 5.69 Å². The smallest absolute Gasteiger partial charge is 0.269 e. The van der Waals surface area contributed by atoms with Crippen LogP contribution in [0.4, 0.5) is 5.69 Å². The number of carbonyl (C=O) groups is 2. The molecule has 3 rings (SSSR count). The van der Waals surface area contributed by atoms with Gasteiger partial charge in [-0.05, 0) is 24.3 Å². The largest absolute Gasteiger partial charge is 0.477 e. The van der Waals surface area contributed by atoms with Crippen molar-refractivity contribution in [2.24, 2.45) is 0 Å². The lowest BCUT2D eigenvalue weighted by Crippen LogP contribution is -2.49. The molecule has 0 fully saturated rings. The average molecular weight is 297 g/mol. The molecule has 2 aromatic rings. The minimum Gasteiger partial charge on any atom is -0.477 e. The van der Waals surface area contributed by atoms with Gasteiger partial charge in [-0.2, -0.15) is 0 Å². The molecule has 2 amide bonds. The van der Waals surface area contributed by atoms with Crippen molar-refractivity contribution in [2.75, 3.05) is 18.5 Å². The Morgan fingerprint density at radius 2 is 2.00 bits per heavy atom. The number of likely N-dealkylation sites (N-methyl/N-ethyl adjacent to an activating group) is 1. The van der Waals surface area contributed by atoms with Crippen LogP contribution in [0, 0.1) is 0 Å². The van der Waals surface area contributed by atoms with Crippen molar-refractivity contribution in [3.63, 3.8) is 0 Å². The molecular formula is C16H15N3O3. The third-order valence-electron chi connectivity index (χ3n) is 3.49. The molecule has 6 nitrogen and oxygen atoms in total. The molecule has 22 heavy (non-hydrogen) atoms. The van der Waals surface area contributed by atoms with Gasteiger partial charge in [-0.3, -0.25) is 14.6 Å². The van der Waals surface area contributed by atoms with E-state index in [1.54, 1.807) is 42.5 Å². The summed E-state index contributed by atoms with van der Waals surface area (Å²) in [7, 11) is 1.70. The van der Waals surface area contributed by atoms with Crippen LogP contribution in [-0.4, -0.2) is 36.5 Å². The zero-order chi connectivity index (χ0) is 15.5. The Balaban J connectivity index is 1.69. The highest BCUT2D eigenvalue weighted by Crippen LogP contribution is 2.32. The molecule has 112 valence electrons. The van der Waals surface area contributed by atoms with Crippen molar-refractivity contribution in [1.29, 1.82) is 0 Å². The predicted molar refractivity (Wildman–Crippen MR) is 80.8 cm³/mol. The van der Waals surface area contributed by atoms with E-state index in [9.17, 15) is 9.59 Å². The van der Waals surface area contributed by atoms with Gasteiger partial charge in [0, 0.05) is 25.0 Å². The summed E-state index contributed by atoms with van der Waals surface area (Å²) in [5, 5.41) is 2.71. The molecule has 1 unspecified atom stereocenters. The third-order valence-corrected chi connectivity index (χ3v) is 3.49. The second-order valence-electron chi connectivity index (χ2n) is 4.92. The molecule has 1 aliphatic heterocycles. The number of hydrogen-bond acceptors (Lipinski definition) is 4. The van der Waals surface area contributed by atoms with Gasteiger partial charge >= 0.3 is 0 Å². The summed E-state index contributed by atoms with van der Waals surface area (Å²) < 4.78 is 5.68. The normalized spacial score (nSPS) is 16.7. The number of nitrogens with zero attached hydrogens (tertiary/aromatic N) is 2. The number of carbonyl (C=O) groups excluding carboxylic acids is 2. The molecule has 6 heteroatoms. The number of para-hydroxylation sites is 2. The van der Waals surface area contributed by atoms with Gasteiger partial charge in [0.15, 0.2) is 6.10 Å². The summed E-state index contributed by atoms with van der Waals surface area (Å²) in [5.41, 5.74) is 1.22. The van der Waals surface area contributed by atoms with Crippen LogP contribution in [0.5, 0.6) is 5.75 Å². The molecule has 1 aromatic carbocycles. The molecular weight excluding hydrogens is 282 g/mol. The second kappa shape index (κ2) is 5.85. The highest BCUT2D eigenvalue weighted by Gasteiger charge is 2.32. The molecule has 0 saturated heterocycles. The van der Waals surface area contributed by atoms with Gasteiger partial charge in [0.1, 0.15) is 5.75 Å². The summed E-state index contributed by atoms with van der Waals surface area (Å²) in [6.07, 6.45) is 2.35. The monoisotopic (exact) mass is 297 g/mol. The molecule has 0 radical (unpaired) electrons. The number of aromatic nitrogens is 1. The van der Waals surface area contributed by atoms with Gasteiger partial charge in [-0.1, -0.05) is 12.1 Å². The predicted octanol–water partition coefficient (Wildman–Crippen LogP) is 1.24. The first-order chi connectivity index (χ1) is 10.7. The zero-order valence-corrected chi connectivity index (χ0v) is 12.0. The number of ether oxygens (including phenoxy) is 1. The van der Waals surface area contributed by atoms with Crippen LogP contribution in [0.1, 0.15) is 10.4 Å². The lowest BCUT2D eigenvalue weighted by Gasteiger charge is -2.31. The number of anilines is 1. The van der Waals surface area contributed by atoms with Gasteiger partial charge in [-0.25, -0.2) is 0 Å². The first kappa shape index (κ1) is 14.1. The van der Waals surface area contributed by atoms with Crippen LogP contribution in [0.3, 0.4) is 0 Å². The molecule has 1 N–H and O–H groups in total. The Hall–Kier alpha value is -2.89. The minimum atomic E-state index is -0.731. The number of fused-ring (bicyclic) bond motifs is 1. The fraction of sp³-hybridized carbons (Fsp3) is 0.188. The van der Waals surface area contributed by atoms with Crippen molar-refractivity contribution in [3.05, 3.63) is 54.4 Å². The maximum atomic E-state index is 12.3. The van der Waals surface area contributed by atoms with E-state index in [0.29, 0.717) is 11.3 Å². The van der Waals surface area contributed by atoms with E-state index < -0.39 is 6.10 Å². The number of benzene rings is 1. The standard InChI is InChI=1S/C16H15N3O3/c1-19-12-4-2-3-5-13(12)22-14(16(19)21)10-18-15(20)11-6-8-17-9-7-11/h2-9,14H,10H2,1H3,(H,18,20). The molecule has 0 bridgehead atoms. The molecule has 0 aliphatic carbocycles. The van der Waals surface area contributed by atoms with E-state index in [-0.39, 0.29) is 18.4 Å². The van der Waals surface area contributed by atoms with Crippen LogP contribution in [0.15, 0.2) is 48.8 Å². The minimum absolute atomic E-state index is 0.110. The summed E-state index contributed by atoms with van der Waals surface area (Å²) in [6, 6.07) is 10.5. The number of pyridine rings is 1. The van der Waals surface area contributed by atoms with E-state index in [1.165, 1.54) is 0 Å². The Morgan fingerprint density at radius 1 is 1.27 bits per heavy atom. The first-order valence-electron chi connectivity index (χ1n) is 6.88. The van der Waals surface area contributed by atoms with Crippen LogP contribution in [0.2, 0.25) is 0 Å². The van der Waals surface area contributed by atoms with Gasteiger partial charge in [0.25, 0.3) is 11.8 Å². The summed E-state index contributed by atoms with van der Waals surface area (Å²) >= 11 is 0. The van der Waals surface area contributed by atoms with Crippen molar-refractivity contribution in [1.82, 2.24) is 10.3 Å². The van der Waals surface area contributed by atoms with Crippen LogP contribution >= 0.6 is 0 Å². The topological polar surface area (TPSA) is 71.5 Å². The third kappa shape index (κ3) is 2.63. The summed E-state index contributed by atoms with van der Waals surface area (Å²) in [4.78, 5) is 29.7. The molecule has 1 atom stereocenters. The highest BCUT2D eigenvalue weighted by molar-refractivity contribution is 6.00. The van der Waals surface area contributed by atoms with E-state index in [4.69, 9.17) is 4.74 Å². The average Bonchev–Trinajstić information content (AvgIpc) is 2.57. The Kier molecular flexibility index (Phi) is 3.74. The Labute approximate surface area is 127 Å². The maximum Gasteiger partial charge on any atom is 0.269 e.